The summed E-state index contributed by atoms with van der Waals surface area (Å²) >= 11 is 0. The van der Waals surface area contributed by atoms with Crippen molar-refractivity contribution in [2.45, 2.75) is 102 Å². The van der Waals surface area contributed by atoms with E-state index in [1.807, 2.05) is 24.3 Å². The largest absolute Gasteiger partial charge is 0.486 e. The van der Waals surface area contributed by atoms with Crippen LogP contribution in [0.2, 0.25) is 0 Å². The van der Waals surface area contributed by atoms with Crippen LogP contribution in [0.25, 0.3) is 0 Å². The van der Waals surface area contributed by atoms with E-state index in [-0.39, 0.29) is 37.3 Å². The van der Waals surface area contributed by atoms with Crippen LogP contribution in [-0.4, -0.2) is 58.3 Å². The van der Waals surface area contributed by atoms with Crippen molar-refractivity contribution in [3.8, 4) is 5.75 Å². The van der Waals surface area contributed by atoms with Crippen LogP contribution in [0.1, 0.15) is 88.2 Å². The number of hydrogen-bond acceptors (Lipinski definition) is 5. The van der Waals surface area contributed by atoms with E-state index in [1.165, 1.54) is 44.2 Å². The Morgan fingerprint density at radius 2 is 1.62 bits per heavy atom. The normalized spacial score (nSPS) is 20.7. The van der Waals surface area contributed by atoms with Crippen molar-refractivity contribution in [2.75, 3.05) is 13.2 Å². The van der Waals surface area contributed by atoms with Gasteiger partial charge in [-0.05, 0) is 36.3 Å². The number of carbonyl (C=O) groups is 2. The van der Waals surface area contributed by atoms with Crippen molar-refractivity contribution in [2.24, 2.45) is 0 Å². The number of aliphatic hydroxyl groups excluding tert-OH is 2. The molecule has 0 radical (unpaired) electrons. The van der Waals surface area contributed by atoms with Crippen LogP contribution in [0.4, 0.5) is 4.39 Å². The number of halogens is 1. The summed E-state index contributed by atoms with van der Waals surface area (Å²) < 4.78 is 19.9. The highest BCUT2D eigenvalue weighted by molar-refractivity contribution is 5.96. The van der Waals surface area contributed by atoms with E-state index in [2.05, 4.69) is 12.2 Å². The molecule has 0 saturated carbocycles. The van der Waals surface area contributed by atoms with Gasteiger partial charge in [0.05, 0.1) is 18.6 Å². The van der Waals surface area contributed by atoms with Crippen molar-refractivity contribution in [3.63, 3.8) is 0 Å². The Bertz CT molecular complexity index is 1200. The average molecular weight is 581 g/mol. The summed E-state index contributed by atoms with van der Waals surface area (Å²) in [6.45, 7) is 2.24. The van der Waals surface area contributed by atoms with Gasteiger partial charge in [0.2, 0.25) is 11.8 Å². The number of amides is 2. The van der Waals surface area contributed by atoms with Crippen LogP contribution >= 0.6 is 0 Å². The van der Waals surface area contributed by atoms with Gasteiger partial charge in [0.1, 0.15) is 23.8 Å². The number of fused-ring (bicyclic) bond motifs is 3. The SMILES string of the molecule is CCCCCCCCCCCC(=O)N(Cc1ccc(F)cc1)[C@@H]1C=C(C(=O)NCCO)[C@@H]2c3ccccc3O[C@@H]2[C@H]1O. The molecule has 0 unspecified atom stereocenters. The molecule has 4 atom stereocenters. The molecule has 7 nitrogen and oxygen atoms in total. The van der Waals surface area contributed by atoms with Gasteiger partial charge in [-0.3, -0.25) is 9.59 Å². The molecular weight excluding hydrogens is 535 g/mol. The fraction of sp³-hybridized carbons (Fsp3) is 0.529. The molecule has 2 aromatic rings. The highest BCUT2D eigenvalue weighted by atomic mass is 19.1. The summed E-state index contributed by atoms with van der Waals surface area (Å²) in [5, 5.41) is 23.7. The molecule has 8 heteroatoms. The van der Waals surface area contributed by atoms with Crippen LogP contribution in [0.5, 0.6) is 5.75 Å². The molecule has 2 aromatic carbocycles. The fourth-order valence-corrected chi connectivity index (χ4v) is 6.07. The first-order valence-corrected chi connectivity index (χ1v) is 15.5. The van der Waals surface area contributed by atoms with E-state index in [9.17, 15) is 24.2 Å². The molecule has 1 aliphatic heterocycles. The molecule has 1 aliphatic carbocycles. The first-order chi connectivity index (χ1) is 20.4. The minimum Gasteiger partial charge on any atom is -0.486 e. The molecule has 2 amide bonds. The Labute approximate surface area is 248 Å². The number of rotatable bonds is 16. The van der Waals surface area contributed by atoms with Crippen LogP contribution in [0.3, 0.4) is 0 Å². The standard InChI is InChI=1S/C34H45FN2O5/c1-2-3-4-5-6-7-8-9-10-15-30(39)37(23-24-16-18-25(35)19-17-24)28-22-27(34(41)36-20-21-38)31-26-13-11-12-14-29(26)42-33(31)32(28)40/h11-14,16-19,22,28,31-33,38,40H,2-10,15,20-21,23H2,1H3,(H,36,41)/t28-,31+,32+,33+/m1/s1. The number of benzene rings is 2. The maximum atomic E-state index is 13.8. The zero-order valence-corrected chi connectivity index (χ0v) is 24.6. The Morgan fingerprint density at radius 3 is 2.31 bits per heavy atom. The van der Waals surface area contributed by atoms with E-state index in [1.54, 1.807) is 23.1 Å². The molecule has 3 N–H and O–H groups in total. The number of unbranched alkanes of at least 4 members (excludes halogenated alkanes) is 8. The first-order valence-electron chi connectivity index (χ1n) is 15.5. The van der Waals surface area contributed by atoms with Gasteiger partial charge in [0, 0.05) is 30.6 Å². The lowest BCUT2D eigenvalue weighted by molar-refractivity contribution is -0.138. The lowest BCUT2D eigenvalue weighted by Gasteiger charge is -2.41. The third-order valence-electron chi connectivity index (χ3n) is 8.32. The fourth-order valence-electron chi connectivity index (χ4n) is 6.07. The Hall–Kier alpha value is -3.23. The summed E-state index contributed by atoms with van der Waals surface area (Å²) in [6.07, 6.45) is 10.3. The lowest BCUT2D eigenvalue weighted by atomic mass is 9.77. The van der Waals surface area contributed by atoms with Crippen LogP contribution < -0.4 is 10.1 Å². The summed E-state index contributed by atoms with van der Waals surface area (Å²) in [5.41, 5.74) is 1.92. The van der Waals surface area contributed by atoms with E-state index in [0.717, 1.165) is 36.8 Å². The second-order valence-corrected chi connectivity index (χ2v) is 11.4. The quantitative estimate of drug-likeness (QED) is 0.231. The first kappa shape index (κ1) is 31.7. The molecule has 0 bridgehead atoms. The molecule has 228 valence electrons. The number of carbonyl (C=O) groups excluding carboxylic acids is 2. The number of para-hydroxylation sites is 1. The third kappa shape index (κ3) is 7.98. The molecule has 1 heterocycles. The number of aliphatic hydroxyl groups is 2. The Balaban J connectivity index is 1.54. The maximum Gasteiger partial charge on any atom is 0.247 e. The average Bonchev–Trinajstić information content (AvgIpc) is 3.39. The third-order valence-corrected chi connectivity index (χ3v) is 8.32. The summed E-state index contributed by atoms with van der Waals surface area (Å²) in [5.74, 6) is -0.784. The summed E-state index contributed by atoms with van der Waals surface area (Å²) in [7, 11) is 0. The van der Waals surface area contributed by atoms with E-state index < -0.39 is 24.2 Å². The highest BCUT2D eigenvalue weighted by Crippen LogP contribution is 2.47. The van der Waals surface area contributed by atoms with Gasteiger partial charge < -0.3 is 25.2 Å². The Morgan fingerprint density at radius 1 is 0.952 bits per heavy atom. The van der Waals surface area contributed by atoms with Crippen molar-refractivity contribution < 1.29 is 28.9 Å². The smallest absolute Gasteiger partial charge is 0.247 e. The van der Waals surface area contributed by atoms with Crippen molar-refractivity contribution >= 4 is 11.8 Å². The van der Waals surface area contributed by atoms with Crippen LogP contribution in [0, 0.1) is 5.82 Å². The molecular formula is C34H45FN2O5. The molecule has 2 aliphatic rings. The lowest BCUT2D eigenvalue weighted by Crippen LogP contribution is -2.55. The van der Waals surface area contributed by atoms with Gasteiger partial charge >= 0.3 is 0 Å². The van der Waals surface area contributed by atoms with Gasteiger partial charge in [-0.1, -0.05) is 88.6 Å². The number of hydrogen-bond donors (Lipinski definition) is 3. The molecule has 0 saturated heterocycles. The van der Waals surface area contributed by atoms with Crippen molar-refractivity contribution in [1.82, 2.24) is 10.2 Å². The van der Waals surface area contributed by atoms with Crippen LogP contribution in [-0.2, 0) is 16.1 Å². The van der Waals surface area contributed by atoms with Gasteiger partial charge in [0.15, 0.2) is 0 Å². The highest BCUT2D eigenvalue weighted by Gasteiger charge is 2.50. The molecule has 42 heavy (non-hydrogen) atoms. The zero-order chi connectivity index (χ0) is 29.9. The summed E-state index contributed by atoms with van der Waals surface area (Å²) in [4.78, 5) is 28.7. The maximum absolute atomic E-state index is 13.8. The van der Waals surface area contributed by atoms with Crippen molar-refractivity contribution in [1.29, 1.82) is 0 Å². The second kappa shape index (κ2) is 15.8. The predicted octanol–water partition coefficient (Wildman–Crippen LogP) is 5.40. The van der Waals surface area contributed by atoms with Gasteiger partial charge in [0.25, 0.3) is 0 Å². The minimum absolute atomic E-state index is 0.0834. The Kier molecular flexibility index (Phi) is 12.0. The monoisotopic (exact) mass is 580 g/mol. The molecule has 0 aromatic heterocycles. The van der Waals surface area contributed by atoms with E-state index in [0.29, 0.717) is 17.7 Å². The summed E-state index contributed by atoms with van der Waals surface area (Å²) in [6, 6.07) is 12.5. The molecule has 4 rings (SSSR count). The zero-order valence-electron chi connectivity index (χ0n) is 24.6. The van der Waals surface area contributed by atoms with Crippen molar-refractivity contribution in [3.05, 3.63) is 77.1 Å². The predicted molar refractivity (Wildman–Crippen MR) is 160 cm³/mol. The molecule has 0 fully saturated rings. The minimum atomic E-state index is -1.09. The number of ether oxygens (including phenoxy) is 1. The number of nitrogens with zero attached hydrogens (tertiary/aromatic N) is 1. The van der Waals surface area contributed by atoms with Gasteiger partial charge in [-0.25, -0.2) is 4.39 Å². The van der Waals surface area contributed by atoms with E-state index >= 15 is 0 Å². The second-order valence-electron chi connectivity index (χ2n) is 11.4. The topological polar surface area (TPSA) is 99.1 Å². The van der Waals surface area contributed by atoms with Crippen LogP contribution in [0.15, 0.2) is 60.2 Å². The van der Waals surface area contributed by atoms with Gasteiger partial charge in [-0.15, -0.1) is 0 Å². The molecule has 0 spiro atoms. The van der Waals surface area contributed by atoms with Gasteiger partial charge in [-0.2, -0.15) is 0 Å². The van der Waals surface area contributed by atoms with E-state index in [4.69, 9.17) is 4.74 Å². The number of nitrogens with one attached hydrogen (secondary N) is 1.